The van der Waals surface area contributed by atoms with Gasteiger partial charge in [-0.1, -0.05) is 24.3 Å². The van der Waals surface area contributed by atoms with Gasteiger partial charge in [0.1, 0.15) is 0 Å². The summed E-state index contributed by atoms with van der Waals surface area (Å²) in [4.78, 5) is 3.98. The van der Waals surface area contributed by atoms with Gasteiger partial charge >= 0.3 is 0 Å². The van der Waals surface area contributed by atoms with Gasteiger partial charge in [0.05, 0.1) is 0 Å². The van der Waals surface area contributed by atoms with Crippen LogP contribution in [0.25, 0.3) is 0 Å². The lowest BCUT2D eigenvalue weighted by atomic mass is 9.77. The normalized spacial score (nSPS) is 16.0. The van der Waals surface area contributed by atoms with Gasteiger partial charge in [0.15, 0.2) is 23.3 Å². The van der Waals surface area contributed by atoms with Crippen LogP contribution in [-0.4, -0.2) is 18.1 Å². The van der Waals surface area contributed by atoms with Crippen molar-refractivity contribution in [1.29, 1.82) is 0 Å². The second-order valence-electron chi connectivity index (χ2n) is 5.16. The minimum atomic E-state index is -0.672. The SMILES string of the molecule is CCNc1nc(NCC2Cc3ccccc32)c(F)cc1F. The number of hydrogen-bond acceptors (Lipinski definition) is 3. The number of aromatic nitrogens is 1. The summed E-state index contributed by atoms with van der Waals surface area (Å²) >= 11 is 0. The maximum absolute atomic E-state index is 13.7. The maximum Gasteiger partial charge on any atom is 0.168 e. The third kappa shape index (κ3) is 2.68. The fourth-order valence-electron chi connectivity index (χ4n) is 2.65. The third-order valence-corrected chi connectivity index (χ3v) is 3.75. The lowest BCUT2D eigenvalue weighted by molar-refractivity contribution is 0.574. The molecule has 0 fully saturated rings. The van der Waals surface area contributed by atoms with Crippen molar-refractivity contribution in [2.75, 3.05) is 23.7 Å². The Morgan fingerprint density at radius 3 is 2.57 bits per heavy atom. The Balaban J connectivity index is 1.70. The molecule has 1 atom stereocenters. The van der Waals surface area contributed by atoms with Gasteiger partial charge in [0, 0.05) is 25.1 Å². The quantitative estimate of drug-likeness (QED) is 0.884. The summed E-state index contributed by atoms with van der Waals surface area (Å²) in [5.74, 6) is -0.808. The molecule has 3 nitrogen and oxygen atoms in total. The molecule has 110 valence electrons. The van der Waals surface area contributed by atoms with E-state index in [2.05, 4.69) is 27.8 Å². The van der Waals surface area contributed by atoms with E-state index < -0.39 is 11.6 Å². The maximum atomic E-state index is 13.7. The summed E-state index contributed by atoms with van der Waals surface area (Å²) in [5.41, 5.74) is 2.63. The van der Waals surface area contributed by atoms with E-state index in [9.17, 15) is 8.78 Å². The highest BCUT2D eigenvalue weighted by Crippen LogP contribution is 2.34. The van der Waals surface area contributed by atoms with E-state index in [4.69, 9.17) is 0 Å². The van der Waals surface area contributed by atoms with Crippen molar-refractivity contribution in [1.82, 2.24) is 4.98 Å². The zero-order valence-electron chi connectivity index (χ0n) is 11.8. The summed E-state index contributed by atoms with van der Waals surface area (Å²) in [6, 6.07) is 9.08. The van der Waals surface area contributed by atoms with Crippen LogP contribution in [0.5, 0.6) is 0 Å². The molecule has 2 aromatic rings. The molecule has 0 saturated carbocycles. The fraction of sp³-hybridized carbons (Fsp3) is 0.312. The molecule has 0 aliphatic heterocycles. The molecule has 0 spiro atoms. The number of nitrogens with one attached hydrogen (secondary N) is 2. The minimum absolute atomic E-state index is 0.0791. The lowest BCUT2D eigenvalue weighted by Gasteiger charge is -2.30. The van der Waals surface area contributed by atoms with Crippen LogP contribution in [0, 0.1) is 11.6 Å². The summed E-state index contributed by atoms with van der Waals surface area (Å²) in [6.45, 7) is 2.96. The van der Waals surface area contributed by atoms with E-state index in [0.29, 0.717) is 19.0 Å². The molecule has 0 saturated heterocycles. The molecule has 1 aliphatic carbocycles. The standard InChI is InChI=1S/C16H17F2N3/c1-2-19-15-13(17)8-14(18)16(21-15)20-9-11-7-10-5-3-4-6-12(10)11/h3-6,8,11H,2,7,9H2,1H3,(H2,19,20,21). The molecule has 1 aliphatic rings. The molecule has 1 aromatic heterocycles. The van der Waals surface area contributed by atoms with Gasteiger partial charge in [-0.25, -0.2) is 13.8 Å². The summed E-state index contributed by atoms with van der Waals surface area (Å²) in [5, 5.41) is 5.77. The Morgan fingerprint density at radius 1 is 1.14 bits per heavy atom. The van der Waals surface area contributed by atoms with Crippen molar-refractivity contribution in [2.24, 2.45) is 0 Å². The number of benzene rings is 1. The van der Waals surface area contributed by atoms with Crippen LogP contribution in [0.1, 0.15) is 24.0 Å². The lowest BCUT2D eigenvalue weighted by Crippen LogP contribution is -2.25. The summed E-state index contributed by atoms with van der Waals surface area (Å²) < 4.78 is 27.2. The zero-order chi connectivity index (χ0) is 14.8. The number of pyridine rings is 1. The van der Waals surface area contributed by atoms with E-state index in [1.165, 1.54) is 11.1 Å². The van der Waals surface area contributed by atoms with Crippen LogP contribution in [0.3, 0.4) is 0 Å². The molecular formula is C16H17F2N3. The summed E-state index contributed by atoms with van der Waals surface area (Å²) in [7, 11) is 0. The fourth-order valence-corrected chi connectivity index (χ4v) is 2.65. The molecule has 0 amide bonds. The number of hydrogen-bond donors (Lipinski definition) is 2. The Hall–Kier alpha value is -2.17. The number of nitrogens with zero attached hydrogens (tertiary/aromatic N) is 1. The van der Waals surface area contributed by atoms with Crippen molar-refractivity contribution >= 4 is 11.6 Å². The topological polar surface area (TPSA) is 37.0 Å². The minimum Gasteiger partial charge on any atom is -0.368 e. The van der Waals surface area contributed by atoms with Crippen molar-refractivity contribution in [3.05, 3.63) is 53.1 Å². The van der Waals surface area contributed by atoms with Gasteiger partial charge < -0.3 is 10.6 Å². The first-order chi connectivity index (χ1) is 10.2. The van der Waals surface area contributed by atoms with Crippen LogP contribution in [0.15, 0.2) is 30.3 Å². The van der Waals surface area contributed by atoms with E-state index in [1.807, 2.05) is 19.1 Å². The smallest absolute Gasteiger partial charge is 0.168 e. The van der Waals surface area contributed by atoms with Gasteiger partial charge in [-0.2, -0.15) is 0 Å². The Morgan fingerprint density at radius 2 is 1.86 bits per heavy atom. The Kier molecular flexibility index (Phi) is 3.73. The number of rotatable bonds is 5. The molecule has 0 radical (unpaired) electrons. The van der Waals surface area contributed by atoms with Crippen LogP contribution in [-0.2, 0) is 6.42 Å². The molecular weight excluding hydrogens is 272 g/mol. The number of halogens is 2. The molecule has 5 heteroatoms. The van der Waals surface area contributed by atoms with Crippen molar-refractivity contribution in [3.63, 3.8) is 0 Å². The molecule has 1 heterocycles. The predicted molar refractivity (Wildman–Crippen MR) is 79.7 cm³/mol. The average molecular weight is 289 g/mol. The van der Waals surface area contributed by atoms with Gasteiger partial charge in [-0.15, -0.1) is 0 Å². The van der Waals surface area contributed by atoms with Crippen LogP contribution in [0.2, 0.25) is 0 Å². The zero-order valence-corrected chi connectivity index (χ0v) is 11.8. The Bertz CT molecular complexity index is 658. The second-order valence-corrected chi connectivity index (χ2v) is 5.16. The number of anilines is 2. The third-order valence-electron chi connectivity index (χ3n) is 3.75. The molecule has 0 bridgehead atoms. The first-order valence-electron chi connectivity index (χ1n) is 7.10. The highest BCUT2D eigenvalue weighted by Gasteiger charge is 2.25. The monoisotopic (exact) mass is 289 g/mol. The first-order valence-corrected chi connectivity index (χ1v) is 7.10. The molecule has 2 N–H and O–H groups in total. The second kappa shape index (κ2) is 5.68. The molecule has 21 heavy (non-hydrogen) atoms. The molecule has 3 rings (SSSR count). The highest BCUT2D eigenvalue weighted by atomic mass is 19.1. The highest BCUT2D eigenvalue weighted by molar-refractivity contribution is 5.49. The largest absolute Gasteiger partial charge is 0.368 e. The average Bonchev–Trinajstić information content (AvgIpc) is 2.44. The van der Waals surface area contributed by atoms with E-state index in [-0.39, 0.29) is 11.6 Å². The van der Waals surface area contributed by atoms with Gasteiger partial charge in [-0.3, -0.25) is 0 Å². The van der Waals surface area contributed by atoms with Gasteiger partial charge in [0.2, 0.25) is 0 Å². The molecule has 1 aromatic carbocycles. The first kappa shape index (κ1) is 13.8. The van der Waals surface area contributed by atoms with Gasteiger partial charge in [0.25, 0.3) is 0 Å². The van der Waals surface area contributed by atoms with Crippen LogP contribution in [0.4, 0.5) is 20.4 Å². The Labute approximate surface area is 122 Å². The van der Waals surface area contributed by atoms with E-state index in [0.717, 1.165) is 12.5 Å². The van der Waals surface area contributed by atoms with E-state index in [1.54, 1.807) is 0 Å². The number of fused-ring (bicyclic) bond motifs is 1. The van der Waals surface area contributed by atoms with E-state index >= 15 is 0 Å². The predicted octanol–water partition coefficient (Wildman–Crippen LogP) is 3.54. The van der Waals surface area contributed by atoms with Crippen LogP contribution < -0.4 is 10.6 Å². The van der Waals surface area contributed by atoms with Crippen molar-refractivity contribution in [2.45, 2.75) is 19.3 Å². The molecule has 1 unspecified atom stereocenters. The summed E-state index contributed by atoms with van der Waals surface area (Å²) in [6.07, 6.45) is 0.978. The van der Waals surface area contributed by atoms with Crippen molar-refractivity contribution in [3.8, 4) is 0 Å². The van der Waals surface area contributed by atoms with Gasteiger partial charge in [-0.05, 0) is 24.5 Å². The van der Waals surface area contributed by atoms with Crippen molar-refractivity contribution < 1.29 is 8.78 Å². The van der Waals surface area contributed by atoms with Crippen LogP contribution >= 0.6 is 0 Å².